The second kappa shape index (κ2) is 52.0. The van der Waals surface area contributed by atoms with E-state index < -0.39 is 229 Å². The van der Waals surface area contributed by atoms with Crippen molar-refractivity contribution in [2.45, 2.75) is 230 Å². The van der Waals surface area contributed by atoms with Crippen LogP contribution < -0.4 is 70.4 Å². The molecule has 2 aromatic heterocycles. The van der Waals surface area contributed by atoms with E-state index in [2.05, 4.69) is 73.1 Å². The Morgan fingerprint density at radius 1 is 0.620 bits per heavy atom. The maximum Gasteiger partial charge on any atom is 0.246 e. The third kappa shape index (κ3) is 32.0. The number of rotatable bonds is 26. The molecule has 0 bridgehead atoms. The van der Waals surface area contributed by atoms with Crippen molar-refractivity contribution in [2.75, 3.05) is 72.5 Å². The van der Waals surface area contributed by atoms with Gasteiger partial charge in [-0.3, -0.25) is 91.9 Å². The van der Waals surface area contributed by atoms with Crippen molar-refractivity contribution in [3.05, 3.63) is 102 Å². The average Bonchev–Trinajstić information content (AvgIpc) is 1.70. The minimum Gasteiger partial charge on any atom is -0.394 e. The largest absolute Gasteiger partial charge is 0.394 e. The van der Waals surface area contributed by atoms with Crippen LogP contribution in [-0.4, -0.2) is 302 Å². The number of H-pyrrole nitrogens is 2. The van der Waals surface area contributed by atoms with Crippen LogP contribution in [-0.2, 0) is 101 Å². The van der Waals surface area contributed by atoms with E-state index in [-0.39, 0.29) is 97.1 Å². The number of allylic oxidation sites excluding steroid dienone is 1. The predicted molar refractivity (Wildman–Crippen MR) is 481 cm³/mol. The molecule has 13 atom stereocenters. The molecule has 7 rings (SSSR count). The van der Waals surface area contributed by atoms with Gasteiger partial charge in [0.2, 0.25) is 94.5 Å². The summed E-state index contributed by atoms with van der Waals surface area (Å²) in [7, 11) is 5.28. The Hall–Kier alpha value is -12.6. The number of ketones is 1. The van der Waals surface area contributed by atoms with Gasteiger partial charge >= 0.3 is 0 Å². The number of benzene rings is 2. The Labute approximate surface area is 754 Å². The van der Waals surface area contributed by atoms with Crippen molar-refractivity contribution in [2.24, 2.45) is 34.0 Å². The summed E-state index contributed by atoms with van der Waals surface area (Å²) in [6.45, 7) is 6.11. The number of nitrogens with one attached hydrogen (secondary N) is 13. The van der Waals surface area contributed by atoms with Crippen LogP contribution in [0.15, 0.2) is 90.1 Å². The number of aliphatic imine (C=N–C) groups is 1. The lowest BCUT2D eigenvalue weighted by molar-refractivity contribution is -0.149. The molecule has 0 saturated carbocycles. The Balaban J connectivity index is 0.0000257. The molecule has 20 N–H and O–H groups in total. The molecule has 2 aromatic carbocycles. The molecule has 2 saturated heterocycles. The molecule has 3 aliphatic heterocycles. The number of amides is 16. The van der Waals surface area contributed by atoms with E-state index in [1.807, 2.05) is 13.8 Å². The third-order valence-corrected chi connectivity index (χ3v) is 23.5. The number of aromatic nitrogens is 3. The number of nitrogens with two attached hydrogens (primary N) is 3. The van der Waals surface area contributed by atoms with E-state index in [0.717, 1.165) is 36.3 Å². The van der Waals surface area contributed by atoms with Crippen LogP contribution in [0.1, 0.15) is 155 Å². The summed E-state index contributed by atoms with van der Waals surface area (Å²) in [6.07, 6.45) is 7.75. The molecule has 5 heterocycles. The van der Waals surface area contributed by atoms with Crippen LogP contribution in [0, 0.1) is 17.2 Å². The van der Waals surface area contributed by atoms with Crippen LogP contribution in [0.3, 0.4) is 0 Å². The third-order valence-electron chi connectivity index (χ3n) is 22.4. The summed E-state index contributed by atoms with van der Waals surface area (Å²) < 4.78 is 0. The first-order valence-electron chi connectivity index (χ1n) is 43.1. The van der Waals surface area contributed by atoms with Gasteiger partial charge in [0.05, 0.1) is 38.2 Å². The highest BCUT2D eigenvalue weighted by molar-refractivity contribution is 8.00. The van der Waals surface area contributed by atoms with Gasteiger partial charge in [-0.1, -0.05) is 115 Å². The zero-order valence-corrected chi connectivity index (χ0v) is 74.8. The molecule has 3 aliphatic rings. The van der Waals surface area contributed by atoms with E-state index in [1.54, 1.807) is 86.9 Å². The number of hydrogen-bond donors (Lipinski definition) is 17. The number of carbonyl (C=O) groups is 17. The lowest BCUT2D eigenvalue weighted by atomic mass is 9.92. The molecule has 16 amide bonds. The highest BCUT2D eigenvalue weighted by Gasteiger charge is 2.44. The maximum absolute atomic E-state index is 15.4. The van der Waals surface area contributed by atoms with E-state index in [1.165, 1.54) is 47.6 Å². The molecular weight excluding hydrogens is 1690 g/mol. The molecule has 0 radical (unpaired) electrons. The number of hydrogen-bond acceptors (Lipinski definition) is 22. The summed E-state index contributed by atoms with van der Waals surface area (Å²) in [5.41, 5.74) is 19.3. The Morgan fingerprint density at radius 3 is 1.88 bits per heavy atom. The zero-order chi connectivity index (χ0) is 94.0. The molecule has 0 spiro atoms. The monoisotopic (exact) mass is 1820 g/mol. The number of imidazole rings is 1. The zero-order valence-electron chi connectivity index (χ0n) is 74.0. The van der Waals surface area contributed by atoms with Crippen molar-refractivity contribution in [1.29, 1.82) is 5.41 Å². The molecule has 0 aliphatic carbocycles. The lowest BCUT2D eigenvalue weighted by Crippen LogP contribution is -2.60. The first kappa shape index (κ1) is 105. The number of aliphatic hydroxyl groups excluding tert-OH is 1. The van der Waals surface area contributed by atoms with E-state index in [0.29, 0.717) is 65.5 Å². The fraction of sp³-hybridized carbons (Fsp3) is 0.563. The maximum atomic E-state index is 15.4. The van der Waals surface area contributed by atoms with Crippen LogP contribution in [0.4, 0.5) is 0 Å². The summed E-state index contributed by atoms with van der Waals surface area (Å²) in [5.74, 6) is -17.9. The number of Topliss-reactive ketones (excluding diaryl/α,β-unsaturated/α-hetero) is 1. The van der Waals surface area contributed by atoms with Gasteiger partial charge in [0, 0.05) is 126 Å². The van der Waals surface area contributed by atoms with Crippen molar-refractivity contribution in [1.82, 2.24) is 92.6 Å². The average molecular weight is 1820 g/mol. The summed E-state index contributed by atoms with van der Waals surface area (Å²) in [6, 6.07) is -2.33. The van der Waals surface area contributed by atoms with Crippen LogP contribution >= 0.6 is 11.8 Å². The van der Waals surface area contributed by atoms with Crippen molar-refractivity contribution in [3.63, 3.8) is 0 Å². The van der Waals surface area contributed by atoms with Crippen LogP contribution in [0.25, 0.3) is 10.9 Å². The summed E-state index contributed by atoms with van der Waals surface area (Å²) >= 11 is 0.797. The van der Waals surface area contributed by atoms with Gasteiger partial charge in [0.25, 0.3) is 0 Å². The van der Waals surface area contributed by atoms with Crippen molar-refractivity contribution < 1.29 is 86.6 Å². The SMILES string of the molecule is C.CCCC[C@H]1C(=O)N(C)[C@@H](CCCC)C(=O)N[C@@H](CCCNC(=N)N)C(=O)N[C@H](C(=O)NCC(N)=O)CSCC(=O)N[C@@H](Cc2ccccc2)C(=O)N(C)[C@@H](C)C(=O)N[C@@H](CC(N)=O)C(=O)N2CCC[C@H]2C(=O)N[C@@H](Cc2cnc[nH]2)C(=O)N[C@@H](CC(C)C)C(=O)N(C)CC(=O)C[C@@H](Cc2c[nH]c3ccccc23)C(=O)N[C@@H](CO)C(=O)N[C@@H](CC2=CCC=N2)C(=O)N1C. The van der Waals surface area contributed by atoms with E-state index in [9.17, 15) is 72.2 Å². The van der Waals surface area contributed by atoms with Gasteiger partial charge in [-0.15, -0.1) is 11.8 Å². The number of aromatic amines is 2. The van der Waals surface area contributed by atoms with Gasteiger partial charge in [0.15, 0.2) is 11.7 Å². The number of unbranched alkanes of at least 4 members (excludes halogenated alkanes) is 2. The second-order valence-corrected chi connectivity index (χ2v) is 33.9. The fourth-order valence-electron chi connectivity index (χ4n) is 15.3. The summed E-state index contributed by atoms with van der Waals surface area (Å²) in [4.78, 5) is 267. The van der Waals surface area contributed by atoms with E-state index >= 15 is 14.4 Å². The molecular formula is C87H129N23O18S. The van der Waals surface area contributed by atoms with Crippen molar-refractivity contribution >= 4 is 135 Å². The quantitative estimate of drug-likeness (QED) is 0.0196. The first-order valence-corrected chi connectivity index (χ1v) is 44.3. The number of nitrogens with zero attached hydrogens (tertiary/aromatic N) is 7. The number of para-hydroxylation sites is 1. The minimum absolute atomic E-state index is 0. The number of guanidine groups is 1. The molecule has 4 aromatic rings. The Kier molecular flexibility index (Phi) is 42.4. The number of aliphatic hydroxyl groups is 1. The molecule has 706 valence electrons. The highest BCUT2D eigenvalue weighted by atomic mass is 32.2. The lowest BCUT2D eigenvalue weighted by Gasteiger charge is -2.36. The fourth-order valence-corrected chi connectivity index (χ4v) is 16.1. The van der Waals surface area contributed by atoms with Crippen LogP contribution in [0.5, 0.6) is 0 Å². The minimum atomic E-state index is -1.79. The second-order valence-electron chi connectivity index (χ2n) is 32.9. The normalized spacial score (nSPS) is 24.2. The highest BCUT2D eigenvalue weighted by Crippen LogP contribution is 2.27. The molecule has 42 heteroatoms. The molecule has 0 unspecified atom stereocenters. The van der Waals surface area contributed by atoms with Gasteiger partial charge in [-0.25, -0.2) is 4.98 Å². The molecule has 41 nitrogen and oxygen atoms in total. The number of thioether (sulfide) groups is 1. The topological polar surface area (TPSA) is 606 Å². The number of likely N-dealkylation sites (N-methyl/N-ethyl adjacent to an activating group) is 4. The number of primary amides is 2. The molecule has 129 heavy (non-hydrogen) atoms. The first-order chi connectivity index (χ1) is 60.9. The standard InChI is InChI=1S/C86H125N23O18S.CH4/c1-10-12-28-67-79(121)98-59(27-20-32-93-86(89)90)76(118)104-66(75(117)95-43-71(88)113)46-128-47-72(114)97-62(35-51-22-15-14-16-23-51)82(124)106(7)50(5)73(115)100-64(40-70(87)112)84(126)109-33-21-30-68(109)80(122)99-60(39-55-42-91-48-96-55)77(119)101-61(34-49(3)4)81(123)105(6)44-56(111)37-52(36-53-41-94-58-26-18-17-25-57(53)58)74(116)103-65(45-110)78(120)102-63(38-54-24-19-31-92-54)83(125)108(9)69(29-13-11-2)85(127)107(67)8;/h14-18,22-26,31,41-42,48-50,52,59-69,94,110H,10-13,19-21,27-30,32-40,43-47H2,1-9H3,(H2,87,112)(H2,88,113)(H,91,96)(H,95,117)(H,97,114)(H,98,121)(H,99,122)(H,100,115)(H,101,119)(H,102,120)(H,103,116)(H,104,118)(H4,89,90,93);1H4/t50-,52+,59-,60-,61-,62-,63-,64-,65-,66-,67-,68-,69-;/m0./s1. The van der Waals surface area contributed by atoms with E-state index in [4.69, 9.17) is 22.6 Å². The van der Waals surface area contributed by atoms with Gasteiger partial charge in [-0.2, -0.15) is 0 Å². The van der Waals surface area contributed by atoms with Crippen LogP contribution in [0.2, 0.25) is 0 Å². The predicted octanol–water partition coefficient (Wildman–Crippen LogP) is -1.39. The van der Waals surface area contributed by atoms with Gasteiger partial charge < -0.3 is 110 Å². The van der Waals surface area contributed by atoms with Crippen molar-refractivity contribution in [3.8, 4) is 0 Å². The number of fused-ring (bicyclic) bond motifs is 2. The number of carbonyl (C=O) groups excluding carboxylic acids is 17. The van der Waals surface area contributed by atoms with Gasteiger partial charge in [-0.05, 0) is 81.4 Å². The van der Waals surface area contributed by atoms with Gasteiger partial charge in [0.1, 0.15) is 72.5 Å². The summed E-state index contributed by atoms with van der Waals surface area (Å²) in [5, 5.41) is 45.9. The smallest absolute Gasteiger partial charge is 0.246 e. The Bertz CT molecular complexity index is 4640. The molecule has 2 fully saturated rings. The Morgan fingerprint density at radius 2 is 1.24 bits per heavy atom.